The lowest BCUT2D eigenvalue weighted by Crippen LogP contribution is -2.24. The Balaban J connectivity index is 1.49. The van der Waals surface area contributed by atoms with E-state index < -0.39 is 0 Å². The lowest BCUT2D eigenvalue weighted by atomic mass is 10.0. The van der Waals surface area contributed by atoms with E-state index in [1.165, 1.54) is 12.1 Å². The van der Waals surface area contributed by atoms with Crippen molar-refractivity contribution in [2.45, 2.75) is 44.2 Å². The molecule has 1 saturated heterocycles. The van der Waals surface area contributed by atoms with Gasteiger partial charge in [-0.25, -0.2) is 9.37 Å². The smallest absolute Gasteiger partial charge is 0.259 e. The first-order chi connectivity index (χ1) is 13.7. The van der Waals surface area contributed by atoms with Gasteiger partial charge in [0.25, 0.3) is 11.6 Å². The van der Waals surface area contributed by atoms with Gasteiger partial charge in [-0.1, -0.05) is 17.3 Å². The number of amides is 1. The fourth-order valence-corrected chi connectivity index (χ4v) is 3.80. The maximum atomic E-state index is 13.1. The number of rotatable bonds is 5. The number of carbonyl (C=O) groups excluding carboxylic acids is 1. The summed E-state index contributed by atoms with van der Waals surface area (Å²) in [6.45, 7) is 1.25. The molecule has 6 nitrogen and oxygen atoms in total. The third-order valence-electron chi connectivity index (χ3n) is 5.49. The van der Waals surface area contributed by atoms with Gasteiger partial charge in [-0.2, -0.15) is 0 Å². The molecule has 0 bridgehead atoms. The molecule has 1 amide bonds. The molecule has 144 valence electrons. The summed E-state index contributed by atoms with van der Waals surface area (Å²) in [4.78, 5) is 17.7. The third-order valence-corrected chi connectivity index (χ3v) is 5.49. The first-order valence-corrected chi connectivity index (χ1v) is 9.75. The lowest BCUT2D eigenvalue weighted by Gasteiger charge is -2.11. The molecule has 28 heavy (non-hydrogen) atoms. The Morgan fingerprint density at radius 3 is 2.79 bits per heavy atom. The van der Waals surface area contributed by atoms with Gasteiger partial charge in [-0.15, -0.1) is 0 Å². The van der Waals surface area contributed by atoms with Crippen molar-refractivity contribution >= 4 is 17.0 Å². The fourth-order valence-electron chi connectivity index (χ4n) is 3.80. The molecule has 2 aliphatic rings. The SMILES string of the molecule is O=C(NCc1ccc(F)cc1)c1cc(C2CC2)nc2onc(C3CCCN3)c12. The zero-order valence-electron chi connectivity index (χ0n) is 15.4. The van der Waals surface area contributed by atoms with E-state index in [2.05, 4.69) is 20.8 Å². The van der Waals surface area contributed by atoms with Crippen LogP contribution in [-0.2, 0) is 6.54 Å². The number of aromatic nitrogens is 2. The van der Waals surface area contributed by atoms with E-state index in [9.17, 15) is 9.18 Å². The van der Waals surface area contributed by atoms with Gasteiger partial charge in [-0.3, -0.25) is 4.79 Å². The lowest BCUT2D eigenvalue weighted by molar-refractivity contribution is 0.0952. The van der Waals surface area contributed by atoms with Crippen molar-refractivity contribution in [2.75, 3.05) is 6.54 Å². The second-order valence-corrected chi connectivity index (χ2v) is 7.58. The van der Waals surface area contributed by atoms with E-state index in [1.807, 2.05) is 6.07 Å². The summed E-state index contributed by atoms with van der Waals surface area (Å²) in [5, 5.41) is 11.3. The second-order valence-electron chi connectivity index (χ2n) is 7.58. The Bertz CT molecular complexity index is 1020. The molecule has 5 rings (SSSR count). The molecular formula is C21H21FN4O2. The van der Waals surface area contributed by atoms with E-state index in [0.717, 1.165) is 49.2 Å². The zero-order chi connectivity index (χ0) is 19.1. The number of benzene rings is 1. The van der Waals surface area contributed by atoms with Crippen LogP contribution in [-0.4, -0.2) is 22.6 Å². The van der Waals surface area contributed by atoms with Crippen molar-refractivity contribution in [3.05, 3.63) is 58.7 Å². The van der Waals surface area contributed by atoms with E-state index in [1.54, 1.807) is 12.1 Å². The van der Waals surface area contributed by atoms with Crippen molar-refractivity contribution in [1.82, 2.24) is 20.8 Å². The zero-order valence-corrected chi connectivity index (χ0v) is 15.4. The Morgan fingerprint density at radius 2 is 2.07 bits per heavy atom. The number of nitrogens with one attached hydrogen (secondary N) is 2. The molecule has 1 atom stereocenters. The minimum Gasteiger partial charge on any atom is -0.348 e. The molecule has 1 saturated carbocycles. The van der Waals surface area contributed by atoms with Gasteiger partial charge >= 0.3 is 0 Å². The Kier molecular flexibility index (Phi) is 4.31. The summed E-state index contributed by atoms with van der Waals surface area (Å²) in [7, 11) is 0. The van der Waals surface area contributed by atoms with Gasteiger partial charge in [0.05, 0.1) is 17.0 Å². The number of carbonyl (C=O) groups is 1. The minimum atomic E-state index is -0.293. The number of pyridine rings is 1. The molecule has 1 aliphatic heterocycles. The first-order valence-electron chi connectivity index (χ1n) is 9.75. The monoisotopic (exact) mass is 380 g/mol. The van der Waals surface area contributed by atoms with Crippen LogP contribution in [0.5, 0.6) is 0 Å². The number of fused-ring (bicyclic) bond motifs is 1. The molecule has 1 aromatic carbocycles. The quantitative estimate of drug-likeness (QED) is 0.707. The topological polar surface area (TPSA) is 80.1 Å². The summed E-state index contributed by atoms with van der Waals surface area (Å²) < 4.78 is 18.6. The van der Waals surface area contributed by atoms with Gasteiger partial charge < -0.3 is 15.2 Å². The van der Waals surface area contributed by atoms with Crippen molar-refractivity contribution in [3.8, 4) is 0 Å². The van der Waals surface area contributed by atoms with Crippen LogP contribution in [0, 0.1) is 5.82 Å². The fraction of sp³-hybridized carbons (Fsp3) is 0.381. The summed E-state index contributed by atoms with van der Waals surface area (Å²) >= 11 is 0. The first kappa shape index (κ1) is 17.3. The van der Waals surface area contributed by atoms with E-state index >= 15 is 0 Å². The molecule has 2 N–H and O–H groups in total. The summed E-state index contributed by atoms with van der Waals surface area (Å²) in [5.74, 6) is -0.0922. The van der Waals surface area contributed by atoms with E-state index in [0.29, 0.717) is 29.1 Å². The average molecular weight is 380 g/mol. The number of hydrogen-bond donors (Lipinski definition) is 2. The summed E-state index contributed by atoms with van der Waals surface area (Å²) in [6.07, 6.45) is 4.20. The third kappa shape index (κ3) is 3.26. The molecule has 2 fully saturated rings. The second kappa shape index (κ2) is 6.98. The molecule has 2 aromatic heterocycles. The molecule has 7 heteroatoms. The number of halogens is 1. The van der Waals surface area contributed by atoms with Gasteiger partial charge in [0.1, 0.15) is 11.5 Å². The van der Waals surface area contributed by atoms with Crippen molar-refractivity contribution < 1.29 is 13.7 Å². The van der Waals surface area contributed by atoms with Crippen molar-refractivity contribution in [1.29, 1.82) is 0 Å². The van der Waals surface area contributed by atoms with Crippen LogP contribution in [0.3, 0.4) is 0 Å². The van der Waals surface area contributed by atoms with Crippen LogP contribution in [0.15, 0.2) is 34.9 Å². The van der Waals surface area contributed by atoms with Crippen molar-refractivity contribution in [3.63, 3.8) is 0 Å². The Labute approximate surface area is 161 Å². The molecule has 0 spiro atoms. The maximum absolute atomic E-state index is 13.1. The molecule has 3 heterocycles. The summed E-state index contributed by atoms with van der Waals surface area (Å²) in [6, 6.07) is 8.08. The highest BCUT2D eigenvalue weighted by Gasteiger charge is 2.31. The van der Waals surface area contributed by atoms with Crippen LogP contribution in [0.2, 0.25) is 0 Å². The highest BCUT2D eigenvalue weighted by molar-refractivity contribution is 6.06. The molecule has 0 radical (unpaired) electrons. The summed E-state index contributed by atoms with van der Waals surface area (Å²) in [5.41, 5.74) is 3.47. The number of nitrogens with zero attached hydrogens (tertiary/aromatic N) is 2. The highest BCUT2D eigenvalue weighted by Crippen LogP contribution is 2.41. The average Bonchev–Trinajstić information content (AvgIpc) is 3.25. The normalized spacial score (nSPS) is 19.2. The highest BCUT2D eigenvalue weighted by atomic mass is 19.1. The van der Waals surface area contributed by atoms with Crippen LogP contribution in [0.25, 0.3) is 11.1 Å². The Morgan fingerprint density at radius 1 is 1.25 bits per heavy atom. The Hall–Kier alpha value is -2.80. The molecule has 1 unspecified atom stereocenters. The molecular weight excluding hydrogens is 359 g/mol. The maximum Gasteiger partial charge on any atom is 0.259 e. The van der Waals surface area contributed by atoms with Crippen molar-refractivity contribution in [2.24, 2.45) is 0 Å². The molecule has 3 aromatic rings. The predicted octanol–water partition coefficient (Wildman–Crippen LogP) is 3.59. The molecule has 1 aliphatic carbocycles. The van der Waals surface area contributed by atoms with Gasteiger partial charge in [0, 0.05) is 18.2 Å². The van der Waals surface area contributed by atoms with Crippen LogP contribution in [0.1, 0.15) is 65.0 Å². The predicted molar refractivity (Wildman–Crippen MR) is 101 cm³/mol. The van der Waals surface area contributed by atoms with Gasteiger partial charge in [0.2, 0.25) is 0 Å². The van der Waals surface area contributed by atoms with Gasteiger partial charge in [-0.05, 0) is 56.0 Å². The van der Waals surface area contributed by atoms with Crippen LogP contribution >= 0.6 is 0 Å². The number of hydrogen-bond acceptors (Lipinski definition) is 5. The van der Waals surface area contributed by atoms with Crippen LogP contribution in [0.4, 0.5) is 4.39 Å². The minimum absolute atomic E-state index is 0.0819. The van der Waals surface area contributed by atoms with E-state index in [4.69, 9.17) is 4.52 Å². The van der Waals surface area contributed by atoms with E-state index in [-0.39, 0.29) is 17.8 Å². The largest absolute Gasteiger partial charge is 0.348 e. The van der Waals surface area contributed by atoms with Crippen LogP contribution < -0.4 is 10.6 Å². The van der Waals surface area contributed by atoms with Gasteiger partial charge in [0.15, 0.2) is 0 Å². The standard InChI is InChI=1S/C21H21FN4O2/c22-14-7-3-12(4-8-14)11-24-20(27)15-10-17(13-5-6-13)25-21-18(15)19(26-28-21)16-2-1-9-23-16/h3-4,7-8,10,13,16,23H,1-2,5-6,9,11H2,(H,24,27).